The summed E-state index contributed by atoms with van der Waals surface area (Å²) in [4.78, 5) is 15.1. The Morgan fingerprint density at radius 1 is 1.75 bits per heavy atom. The second-order valence-electron chi connectivity index (χ2n) is 4.40. The number of alkyl halides is 1. The minimum atomic E-state index is -1.94. The van der Waals surface area contributed by atoms with Crippen LogP contribution in [0.2, 0.25) is 0 Å². The molecule has 108 valence electrons. The van der Waals surface area contributed by atoms with E-state index in [1.165, 1.54) is 12.3 Å². The minimum absolute atomic E-state index is 0.0142. The summed E-state index contributed by atoms with van der Waals surface area (Å²) in [6.07, 6.45) is -2.70. The van der Waals surface area contributed by atoms with E-state index in [4.69, 9.17) is 10.5 Å². The molecule has 0 saturated carbocycles. The normalized spacial score (nSPS) is 32.9. The van der Waals surface area contributed by atoms with E-state index in [1.807, 2.05) is 0 Å². The van der Waals surface area contributed by atoms with Crippen molar-refractivity contribution in [2.45, 2.75) is 24.1 Å². The van der Waals surface area contributed by atoms with Gasteiger partial charge in [0.2, 0.25) is 0 Å². The van der Waals surface area contributed by atoms with E-state index >= 15 is 0 Å². The molecule has 4 unspecified atom stereocenters. The maximum absolute atomic E-state index is 14.2. The zero-order chi connectivity index (χ0) is 14.9. The topological polar surface area (TPSA) is 111 Å². The van der Waals surface area contributed by atoms with Crippen LogP contribution in [0.3, 0.4) is 0 Å². The first-order valence-corrected chi connectivity index (χ1v) is 5.77. The molecule has 0 aromatic carbocycles. The molecule has 1 saturated heterocycles. The molecule has 4 N–H and O–H groups in total. The summed E-state index contributed by atoms with van der Waals surface area (Å²) in [5.74, 6) is -0.0142. The standard InChI is InChI=1S/C12H14FN3O4/c1-2-4-12(6-17)9(18)8(13)10(20-12)16-5-3-7(14)15-11(16)19/h3-5,8-10,17-18H,1,6H2,(H2,14,15,19). The van der Waals surface area contributed by atoms with Crippen LogP contribution < -0.4 is 11.4 Å². The second-order valence-corrected chi connectivity index (χ2v) is 4.40. The monoisotopic (exact) mass is 283 g/mol. The van der Waals surface area contributed by atoms with Crippen molar-refractivity contribution < 1.29 is 19.3 Å². The van der Waals surface area contributed by atoms with Gasteiger partial charge in [-0.3, -0.25) is 4.57 Å². The van der Waals surface area contributed by atoms with Crippen molar-refractivity contribution in [1.82, 2.24) is 9.55 Å². The van der Waals surface area contributed by atoms with Crippen LogP contribution in [0.4, 0.5) is 10.2 Å². The second kappa shape index (κ2) is 5.18. The van der Waals surface area contributed by atoms with Crippen LogP contribution in [0, 0.1) is 0 Å². The summed E-state index contributed by atoms with van der Waals surface area (Å²) in [6, 6.07) is 1.30. The van der Waals surface area contributed by atoms with E-state index in [2.05, 4.69) is 17.3 Å². The first-order valence-electron chi connectivity index (χ1n) is 5.77. The molecule has 4 atom stereocenters. The molecule has 7 nitrogen and oxygen atoms in total. The maximum atomic E-state index is 14.2. The van der Waals surface area contributed by atoms with Crippen LogP contribution in [0.5, 0.6) is 0 Å². The Labute approximate surface area is 113 Å². The molecule has 0 bridgehead atoms. The van der Waals surface area contributed by atoms with Gasteiger partial charge in [-0.15, -0.1) is 5.73 Å². The fourth-order valence-corrected chi connectivity index (χ4v) is 2.08. The van der Waals surface area contributed by atoms with Crippen molar-refractivity contribution in [2.75, 3.05) is 12.3 Å². The number of halogens is 1. The molecule has 2 heterocycles. The smallest absolute Gasteiger partial charge is 0.351 e. The van der Waals surface area contributed by atoms with Crippen LogP contribution in [-0.4, -0.2) is 44.2 Å². The fraction of sp³-hybridized carbons (Fsp3) is 0.417. The van der Waals surface area contributed by atoms with E-state index in [-0.39, 0.29) is 5.82 Å². The molecule has 0 amide bonds. The van der Waals surface area contributed by atoms with Gasteiger partial charge in [0.15, 0.2) is 12.4 Å². The van der Waals surface area contributed by atoms with Crippen molar-refractivity contribution in [3.8, 4) is 0 Å². The van der Waals surface area contributed by atoms with Gasteiger partial charge in [-0.1, -0.05) is 6.58 Å². The van der Waals surface area contributed by atoms with Gasteiger partial charge in [-0.25, -0.2) is 9.18 Å². The third kappa shape index (κ3) is 2.14. The Morgan fingerprint density at radius 3 is 3.00 bits per heavy atom. The zero-order valence-corrected chi connectivity index (χ0v) is 10.4. The Bertz CT molecular complexity index is 613. The predicted octanol–water partition coefficient (Wildman–Crippen LogP) is -0.875. The summed E-state index contributed by atoms with van der Waals surface area (Å²) in [5, 5.41) is 19.2. The summed E-state index contributed by atoms with van der Waals surface area (Å²) in [6.45, 7) is 2.61. The Kier molecular flexibility index (Phi) is 3.74. The number of aliphatic hydroxyl groups excluding tert-OH is 2. The SMILES string of the molecule is C=C=CC1(CO)OC(n2ccc(N)nc2=O)C(F)C1O. The van der Waals surface area contributed by atoms with E-state index in [1.54, 1.807) is 0 Å². The van der Waals surface area contributed by atoms with E-state index < -0.39 is 36.4 Å². The van der Waals surface area contributed by atoms with Gasteiger partial charge in [0.05, 0.1) is 6.61 Å². The highest BCUT2D eigenvalue weighted by atomic mass is 19.1. The lowest BCUT2D eigenvalue weighted by Crippen LogP contribution is -2.43. The Hall–Kier alpha value is -1.99. The number of aromatic nitrogens is 2. The maximum Gasteiger partial charge on any atom is 0.351 e. The first kappa shape index (κ1) is 14.4. The average Bonchev–Trinajstić information content (AvgIpc) is 2.65. The summed E-state index contributed by atoms with van der Waals surface area (Å²) in [7, 11) is 0. The van der Waals surface area contributed by atoms with Crippen molar-refractivity contribution in [3.05, 3.63) is 41.1 Å². The quantitative estimate of drug-likeness (QED) is 0.622. The van der Waals surface area contributed by atoms with Crippen LogP contribution in [0.1, 0.15) is 6.23 Å². The molecule has 1 aromatic heterocycles. The fourth-order valence-electron chi connectivity index (χ4n) is 2.08. The highest BCUT2D eigenvalue weighted by Crippen LogP contribution is 2.39. The van der Waals surface area contributed by atoms with Crippen molar-refractivity contribution in [1.29, 1.82) is 0 Å². The zero-order valence-electron chi connectivity index (χ0n) is 10.4. The molecule has 1 fully saturated rings. The summed E-state index contributed by atoms with van der Waals surface area (Å²) < 4.78 is 20.4. The molecular formula is C12H14FN3O4. The molecular weight excluding hydrogens is 269 g/mol. The lowest BCUT2D eigenvalue weighted by molar-refractivity contribution is -0.0982. The lowest BCUT2D eigenvalue weighted by Gasteiger charge is -2.25. The third-order valence-electron chi connectivity index (χ3n) is 3.13. The van der Waals surface area contributed by atoms with Crippen molar-refractivity contribution >= 4 is 5.82 Å². The predicted molar refractivity (Wildman–Crippen MR) is 67.5 cm³/mol. The number of nitrogens with two attached hydrogens (primary N) is 1. The van der Waals surface area contributed by atoms with Gasteiger partial charge in [-0.2, -0.15) is 4.98 Å². The van der Waals surface area contributed by atoms with Gasteiger partial charge in [0.25, 0.3) is 0 Å². The van der Waals surface area contributed by atoms with E-state index in [0.717, 1.165) is 10.6 Å². The van der Waals surface area contributed by atoms with Crippen LogP contribution in [-0.2, 0) is 4.74 Å². The van der Waals surface area contributed by atoms with Crippen LogP contribution >= 0.6 is 0 Å². The highest BCUT2D eigenvalue weighted by molar-refractivity contribution is 5.24. The molecule has 0 spiro atoms. The molecule has 8 heteroatoms. The van der Waals surface area contributed by atoms with Crippen LogP contribution in [0.15, 0.2) is 35.4 Å². The minimum Gasteiger partial charge on any atom is -0.393 e. The summed E-state index contributed by atoms with van der Waals surface area (Å²) >= 11 is 0. The summed E-state index contributed by atoms with van der Waals surface area (Å²) in [5.41, 5.74) is 5.16. The molecule has 1 aliphatic heterocycles. The molecule has 20 heavy (non-hydrogen) atoms. The molecule has 1 aliphatic rings. The van der Waals surface area contributed by atoms with Gasteiger partial charge in [-0.05, 0) is 12.1 Å². The number of nitrogens with zero attached hydrogens (tertiary/aromatic N) is 2. The molecule has 0 radical (unpaired) electrons. The van der Waals surface area contributed by atoms with Crippen molar-refractivity contribution in [3.63, 3.8) is 0 Å². The van der Waals surface area contributed by atoms with Gasteiger partial charge >= 0.3 is 5.69 Å². The number of ether oxygens (including phenoxy) is 1. The van der Waals surface area contributed by atoms with Gasteiger partial charge in [0.1, 0.15) is 17.5 Å². The van der Waals surface area contributed by atoms with Crippen molar-refractivity contribution in [2.24, 2.45) is 0 Å². The first-order chi connectivity index (χ1) is 9.45. The highest BCUT2D eigenvalue weighted by Gasteiger charge is 2.54. The average molecular weight is 283 g/mol. The number of anilines is 1. The molecule has 2 rings (SSSR count). The van der Waals surface area contributed by atoms with E-state index in [9.17, 15) is 19.4 Å². The lowest BCUT2D eigenvalue weighted by atomic mass is 9.97. The molecule has 1 aromatic rings. The Morgan fingerprint density at radius 2 is 2.45 bits per heavy atom. The number of nitrogen functional groups attached to an aromatic ring is 1. The third-order valence-corrected chi connectivity index (χ3v) is 3.13. The largest absolute Gasteiger partial charge is 0.393 e. The van der Waals surface area contributed by atoms with E-state index in [0.29, 0.717) is 0 Å². The number of hydrogen-bond acceptors (Lipinski definition) is 6. The van der Waals surface area contributed by atoms with Gasteiger partial charge < -0.3 is 20.7 Å². The Balaban J connectivity index is 2.45. The molecule has 0 aliphatic carbocycles. The number of hydrogen-bond donors (Lipinski definition) is 3. The number of rotatable bonds is 3. The van der Waals surface area contributed by atoms with Crippen LogP contribution in [0.25, 0.3) is 0 Å². The van der Waals surface area contributed by atoms with Gasteiger partial charge in [0, 0.05) is 6.20 Å². The number of aliphatic hydroxyl groups is 2.